The van der Waals surface area contributed by atoms with Crippen LogP contribution in [0.25, 0.3) is 0 Å². The first-order valence-electron chi connectivity index (χ1n) is 5.97. The van der Waals surface area contributed by atoms with Gasteiger partial charge in [-0.2, -0.15) is 12.7 Å². The predicted octanol–water partition coefficient (Wildman–Crippen LogP) is 1.97. The molecule has 102 valence electrons. The number of hydrogen-bond donors (Lipinski definition) is 2. The van der Waals surface area contributed by atoms with Gasteiger partial charge in [-0.3, -0.25) is 4.72 Å². The highest BCUT2D eigenvalue weighted by Crippen LogP contribution is 2.18. The summed E-state index contributed by atoms with van der Waals surface area (Å²) in [5, 5.41) is 0. The van der Waals surface area contributed by atoms with E-state index >= 15 is 0 Å². The smallest absolute Gasteiger partial charge is 0.301 e. The summed E-state index contributed by atoms with van der Waals surface area (Å²) < 4.78 is 27.8. The van der Waals surface area contributed by atoms with Gasteiger partial charge in [0.15, 0.2) is 0 Å². The van der Waals surface area contributed by atoms with Crippen molar-refractivity contribution in [1.82, 2.24) is 4.31 Å². The highest BCUT2D eigenvalue weighted by Gasteiger charge is 2.16. The molecule has 3 N–H and O–H groups in total. The molecule has 0 aliphatic carbocycles. The van der Waals surface area contributed by atoms with Crippen molar-refractivity contribution in [3.63, 3.8) is 0 Å². The normalized spacial score (nSPS) is 11.8. The zero-order valence-electron chi connectivity index (χ0n) is 11.1. The number of rotatable bonds is 6. The van der Waals surface area contributed by atoms with Gasteiger partial charge in [0, 0.05) is 19.3 Å². The third-order valence-corrected chi connectivity index (χ3v) is 4.26. The molecule has 0 bridgehead atoms. The maximum Gasteiger partial charge on any atom is 0.301 e. The number of nitrogens with one attached hydrogen (secondary N) is 1. The van der Waals surface area contributed by atoms with Gasteiger partial charge < -0.3 is 5.73 Å². The van der Waals surface area contributed by atoms with Crippen LogP contribution >= 0.6 is 0 Å². The Morgan fingerprint density at radius 1 is 1.39 bits per heavy atom. The van der Waals surface area contributed by atoms with Gasteiger partial charge in [0.1, 0.15) is 0 Å². The molecule has 6 heteroatoms. The molecule has 0 fully saturated rings. The fourth-order valence-electron chi connectivity index (χ4n) is 1.43. The average molecular weight is 271 g/mol. The van der Waals surface area contributed by atoms with Crippen LogP contribution in [0.5, 0.6) is 0 Å². The Morgan fingerprint density at radius 3 is 2.61 bits per heavy atom. The molecule has 0 amide bonds. The second-order valence-electron chi connectivity index (χ2n) is 4.35. The summed E-state index contributed by atoms with van der Waals surface area (Å²) in [6.45, 7) is 4.41. The quantitative estimate of drug-likeness (QED) is 0.777. The first kappa shape index (κ1) is 14.8. The zero-order chi connectivity index (χ0) is 13.8. The van der Waals surface area contributed by atoms with Crippen LogP contribution in [0, 0.1) is 6.92 Å². The number of anilines is 2. The molecule has 0 atom stereocenters. The Labute approximate surface area is 109 Å². The molecule has 0 saturated carbocycles. The van der Waals surface area contributed by atoms with Crippen LogP contribution in [0.2, 0.25) is 0 Å². The molecule has 0 aliphatic rings. The van der Waals surface area contributed by atoms with Gasteiger partial charge in [-0.05, 0) is 31.0 Å². The molecule has 1 rings (SSSR count). The minimum Gasteiger partial charge on any atom is -0.398 e. The maximum absolute atomic E-state index is 12.0. The molecule has 1 aromatic carbocycles. The molecule has 0 spiro atoms. The van der Waals surface area contributed by atoms with Gasteiger partial charge in [-0.1, -0.05) is 19.4 Å². The maximum atomic E-state index is 12.0. The summed E-state index contributed by atoms with van der Waals surface area (Å²) >= 11 is 0. The number of nitrogens with zero attached hydrogens (tertiary/aromatic N) is 1. The lowest BCUT2D eigenvalue weighted by molar-refractivity contribution is 0.463. The largest absolute Gasteiger partial charge is 0.398 e. The summed E-state index contributed by atoms with van der Waals surface area (Å²) in [5.41, 5.74) is 7.74. The van der Waals surface area contributed by atoms with Crippen LogP contribution in [0.15, 0.2) is 18.2 Å². The third kappa shape index (κ3) is 3.89. The molecule has 0 saturated heterocycles. The van der Waals surface area contributed by atoms with Crippen LogP contribution < -0.4 is 10.5 Å². The second kappa shape index (κ2) is 6.06. The van der Waals surface area contributed by atoms with E-state index in [4.69, 9.17) is 5.73 Å². The van der Waals surface area contributed by atoms with E-state index in [2.05, 4.69) is 4.72 Å². The molecule has 0 radical (unpaired) electrons. The summed E-state index contributed by atoms with van der Waals surface area (Å²) in [5.74, 6) is 0. The monoisotopic (exact) mass is 271 g/mol. The fraction of sp³-hybridized carbons (Fsp3) is 0.500. The van der Waals surface area contributed by atoms with E-state index in [1.165, 1.54) is 4.31 Å². The predicted molar refractivity (Wildman–Crippen MR) is 75.7 cm³/mol. The topological polar surface area (TPSA) is 75.4 Å². The number of unbranched alkanes of at least 4 members (excludes halogenated alkanes) is 1. The van der Waals surface area contributed by atoms with Crippen molar-refractivity contribution in [1.29, 1.82) is 0 Å². The molecule has 0 aliphatic heterocycles. The molecule has 1 aromatic rings. The minimum atomic E-state index is -3.49. The molecule has 5 nitrogen and oxygen atoms in total. The lowest BCUT2D eigenvalue weighted by atomic mass is 10.2. The van der Waals surface area contributed by atoms with Crippen molar-refractivity contribution in [3.05, 3.63) is 23.8 Å². The highest BCUT2D eigenvalue weighted by molar-refractivity contribution is 7.90. The molecular formula is C12H21N3O2S. The fourth-order valence-corrected chi connectivity index (χ4v) is 2.38. The standard InChI is InChI=1S/C12H21N3O2S/c1-4-5-8-15(3)18(16,17)14-11-7-6-10(2)12(13)9-11/h6-7,9,14H,4-5,8,13H2,1-3H3. The van der Waals surface area contributed by atoms with E-state index in [0.29, 0.717) is 17.9 Å². The van der Waals surface area contributed by atoms with E-state index in [9.17, 15) is 8.42 Å². The van der Waals surface area contributed by atoms with Gasteiger partial charge in [0.25, 0.3) is 0 Å². The molecular weight excluding hydrogens is 250 g/mol. The van der Waals surface area contributed by atoms with Gasteiger partial charge in [0.2, 0.25) is 0 Å². The van der Waals surface area contributed by atoms with Crippen LogP contribution in [0.4, 0.5) is 11.4 Å². The number of hydrogen-bond acceptors (Lipinski definition) is 3. The molecule has 0 aromatic heterocycles. The van der Waals surface area contributed by atoms with Crippen molar-refractivity contribution in [2.75, 3.05) is 24.0 Å². The van der Waals surface area contributed by atoms with Crippen LogP contribution in [-0.2, 0) is 10.2 Å². The van der Waals surface area contributed by atoms with Crippen molar-refractivity contribution in [2.24, 2.45) is 0 Å². The van der Waals surface area contributed by atoms with Gasteiger partial charge in [0.05, 0.1) is 5.69 Å². The van der Waals surface area contributed by atoms with Gasteiger partial charge >= 0.3 is 10.2 Å². The number of aryl methyl sites for hydroxylation is 1. The lowest BCUT2D eigenvalue weighted by Gasteiger charge is -2.18. The second-order valence-corrected chi connectivity index (χ2v) is 6.13. The van der Waals surface area contributed by atoms with E-state index in [-0.39, 0.29) is 0 Å². The Balaban J connectivity index is 2.78. The van der Waals surface area contributed by atoms with E-state index < -0.39 is 10.2 Å². The third-order valence-electron chi connectivity index (χ3n) is 2.76. The summed E-state index contributed by atoms with van der Waals surface area (Å²) in [4.78, 5) is 0. The van der Waals surface area contributed by atoms with Crippen LogP contribution in [0.1, 0.15) is 25.3 Å². The van der Waals surface area contributed by atoms with Crippen molar-refractivity contribution in [2.45, 2.75) is 26.7 Å². The Bertz CT molecular complexity index is 500. The van der Waals surface area contributed by atoms with Gasteiger partial charge in [-0.15, -0.1) is 0 Å². The van der Waals surface area contributed by atoms with Crippen LogP contribution in [-0.4, -0.2) is 26.3 Å². The Hall–Kier alpha value is -1.27. The lowest BCUT2D eigenvalue weighted by Crippen LogP contribution is -2.33. The van der Waals surface area contributed by atoms with Crippen LogP contribution in [0.3, 0.4) is 0 Å². The van der Waals surface area contributed by atoms with Crippen molar-refractivity contribution >= 4 is 21.6 Å². The summed E-state index contributed by atoms with van der Waals surface area (Å²) in [7, 11) is -1.92. The minimum absolute atomic E-state index is 0.487. The Morgan fingerprint density at radius 2 is 2.06 bits per heavy atom. The van der Waals surface area contributed by atoms with E-state index in [0.717, 1.165) is 18.4 Å². The first-order valence-corrected chi connectivity index (χ1v) is 7.41. The molecule has 18 heavy (non-hydrogen) atoms. The summed E-state index contributed by atoms with van der Waals surface area (Å²) in [6.07, 6.45) is 1.80. The summed E-state index contributed by atoms with van der Waals surface area (Å²) in [6, 6.07) is 5.12. The first-order chi connectivity index (χ1) is 8.36. The molecule has 0 unspecified atom stereocenters. The van der Waals surface area contributed by atoms with Crippen molar-refractivity contribution < 1.29 is 8.42 Å². The highest BCUT2D eigenvalue weighted by atomic mass is 32.2. The van der Waals surface area contributed by atoms with Gasteiger partial charge in [-0.25, -0.2) is 0 Å². The Kier molecular flexibility index (Phi) is 4.98. The average Bonchev–Trinajstić information content (AvgIpc) is 2.30. The number of benzene rings is 1. The SMILES string of the molecule is CCCCN(C)S(=O)(=O)Nc1ccc(C)c(N)c1. The number of nitrogens with two attached hydrogens (primary N) is 1. The van der Waals surface area contributed by atoms with E-state index in [1.807, 2.05) is 13.8 Å². The van der Waals surface area contributed by atoms with E-state index in [1.54, 1.807) is 25.2 Å². The number of nitrogen functional groups attached to an aromatic ring is 1. The van der Waals surface area contributed by atoms with Crippen molar-refractivity contribution in [3.8, 4) is 0 Å². The zero-order valence-corrected chi connectivity index (χ0v) is 11.9. The molecule has 0 heterocycles.